The Kier molecular flexibility index (Phi) is 7.13. The van der Waals surface area contributed by atoms with Crippen LogP contribution in [0.2, 0.25) is 0 Å². The molecule has 1 atom stereocenters. The molecule has 2 aromatic carbocycles. The van der Waals surface area contributed by atoms with E-state index in [1.54, 1.807) is 0 Å². The van der Waals surface area contributed by atoms with E-state index in [-0.39, 0.29) is 0 Å². The number of unbranched alkanes of at least 4 members (excludes halogenated alkanes) is 2. The summed E-state index contributed by atoms with van der Waals surface area (Å²) in [6, 6.07) is 18.3. The Balaban J connectivity index is 2.02. The van der Waals surface area contributed by atoms with Gasteiger partial charge in [0.15, 0.2) is 0 Å². The minimum Gasteiger partial charge on any atom is -0.125 e. The van der Waals surface area contributed by atoms with Gasteiger partial charge in [-0.25, -0.2) is 0 Å². The smallest absolute Gasteiger partial charge is 0.0234 e. The lowest BCUT2D eigenvalue weighted by molar-refractivity contribution is 0.794. The Morgan fingerprint density at radius 2 is 1.05 bits per heavy atom. The number of hydrogen-bond donors (Lipinski definition) is 0. The topological polar surface area (TPSA) is 0 Å². The zero-order chi connectivity index (χ0) is 15.8. The lowest BCUT2D eigenvalue weighted by Crippen LogP contribution is -1.94. The van der Waals surface area contributed by atoms with Crippen LogP contribution in [0.3, 0.4) is 0 Å². The van der Waals surface area contributed by atoms with E-state index < -0.39 is 0 Å². The second-order valence-electron chi connectivity index (χ2n) is 6.17. The quantitative estimate of drug-likeness (QED) is 0.499. The van der Waals surface area contributed by atoms with E-state index in [4.69, 9.17) is 0 Å². The van der Waals surface area contributed by atoms with E-state index in [0.717, 1.165) is 0 Å². The fourth-order valence-electron chi connectivity index (χ4n) is 2.74. The molecule has 0 aliphatic rings. The van der Waals surface area contributed by atoms with E-state index in [9.17, 15) is 0 Å². The van der Waals surface area contributed by atoms with Crippen molar-refractivity contribution < 1.29 is 0 Å². The van der Waals surface area contributed by atoms with Crippen molar-refractivity contribution in [3.8, 4) is 0 Å². The summed E-state index contributed by atoms with van der Waals surface area (Å²) in [5.41, 5.74) is 6.06. The Bertz CT molecular complexity index is 488. The fourth-order valence-corrected chi connectivity index (χ4v) is 3.18. The number of aryl methyl sites for hydroxylation is 2. The first-order valence-corrected chi connectivity index (χ1v) is 9.34. The van der Waals surface area contributed by atoms with E-state index in [1.807, 2.05) is 0 Å². The standard InChI is InChI=1S/C21H29P/c1-3-5-7-17-9-13-19(14-10-17)21(22)20-15-11-18(12-16-20)8-6-4-2/h9-16,21H,3-8,22H2,1-2H3. The van der Waals surface area contributed by atoms with Gasteiger partial charge in [-0.05, 0) is 47.9 Å². The Morgan fingerprint density at radius 3 is 1.36 bits per heavy atom. The van der Waals surface area contributed by atoms with Gasteiger partial charge in [-0.2, -0.15) is 0 Å². The molecule has 0 N–H and O–H groups in total. The minimum atomic E-state index is 0.389. The van der Waals surface area contributed by atoms with Crippen LogP contribution in [-0.2, 0) is 12.8 Å². The molecular formula is C21H29P. The molecule has 0 aliphatic heterocycles. The highest BCUT2D eigenvalue weighted by Gasteiger charge is 2.08. The second kappa shape index (κ2) is 9.11. The van der Waals surface area contributed by atoms with Crippen molar-refractivity contribution in [3.63, 3.8) is 0 Å². The molecule has 0 bridgehead atoms. The molecule has 0 aromatic heterocycles. The largest absolute Gasteiger partial charge is 0.125 e. The average Bonchev–Trinajstić information content (AvgIpc) is 2.58. The van der Waals surface area contributed by atoms with Gasteiger partial charge in [0.25, 0.3) is 0 Å². The van der Waals surface area contributed by atoms with Gasteiger partial charge >= 0.3 is 0 Å². The second-order valence-corrected chi connectivity index (χ2v) is 6.83. The Labute approximate surface area is 138 Å². The zero-order valence-electron chi connectivity index (χ0n) is 14.0. The van der Waals surface area contributed by atoms with E-state index in [0.29, 0.717) is 5.66 Å². The molecule has 22 heavy (non-hydrogen) atoms. The van der Waals surface area contributed by atoms with Crippen molar-refractivity contribution >= 4 is 9.24 Å². The first kappa shape index (κ1) is 17.2. The van der Waals surface area contributed by atoms with Crippen molar-refractivity contribution in [2.75, 3.05) is 0 Å². The SMILES string of the molecule is CCCCc1ccc(C(P)c2ccc(CCCC)cc2)cc1. The van der Waals surface area contributed by atoms with Gasteiger partial charge in [-0.15, -0.1) is 9.24 Å². The normalized spacial score (nSPS) is 11.1. The third kappa shape index (κ3) is 4.96. The van der Waals surface area contributed by atoms with Crippen molar-refractivity contribution in [1.29, 1.82) is 0 Å². The van der Waals surface area contributed by atoms with Crippen LogP contribution >= 0.6 is 9.24 Å². The number of rotatable bonds is 8. The first-order chi connectivity index (χ1) is 10.7. The molecule has 0 heterocycles. The predicted octanol–water partition coefficient (Wildman–Crippen LogP) is 6.34. The maximum absolute atomic E-state index is 2.99. The van der Waals surface area contributed by atoms with Crippen molar-refractivity contribution in [3.05, 3.63) is 70.8 Å². The van der Waals surface area contributed by atoms with Crippen LogP contribution in [-0.4, -0.2) is 0 Å². The summed E-state index contributed by atoms with van der Waals surface area (Å²) in [5, 5.41) is 0. The van der Waals surface area contributed by atoms with Crippen LogP contribution in [0.25, 0.3) is 0 Å². The fraction of sp³-hybridized carbons (Fsp3) is 0.429. The van der Waals surface area contributed by atoms with Crippen molar-refractivity contribution in [2.24, 2.45) is 0 Å². The molecule has 0 spiro atoms. The molecular weight excluding hydrogens is 283 g/mol. The van der Waals surface area contributed by atoms with Crippen LogP contribution in [0.1, 0.15) is 67.4 Å². The maximum Gasteiger partial charge on any atom is 0.0234 e. The summed E-state index contributed by atoms with van der Waals surface area (Å²) in [6.07, 6.45) is 7.48. The van der Waals surface area contributed by atoms with Gasteiger partial charge in [-0.3, -0.25) is 0 Å². The summed E-state index contributed by atoms with van der Waals surface area (Å²) in [5.74, 6) is 0. The average molecular weight is 312 g/mol. The summed E-state index contributed by atoms with van der Waals surface area (Å²) < 4.78 is 0. The van der Waals surface area contributed by atoms with Gasteiger partial charge in [0, 0.05) is 5.66 Å². The molecule has 0 fully saturated rings. The van der Waals surface area contributed by atoms with Crippen LogP contribution in [0.4, 0.5) is 0 Å². The molecule has 1 heteroatoms. The predicted molar refractivity (Wildman–Crippen MR) is 102 cm³/mol. The van der Waals surface area contributed by atoms with Gasteiger partial charge < -0.3 is 0 Å². The van der Waals surface area contributed by atoms with E-state index in [2.05, 4.69) is 71.6 Å². The molecule has 0 nitrogen and oxygen atoms in total. The van der Waals surface area contributed by atoms with Crippen LogP contribution in [0.15, 0.2) is 48.5 Å². The van der Waals surface area contributed by atoms with Crippen LogP contribution in [0, 0.1) is 0 Å². The molecule has 2 rings (SSSR count). The van der Waals surface area contributed by atoms with Crippen molar-refractivity contribution in [1.82, 2.24) is 0 Å². The summed E-state index contributed by atoms with van der Waals surface area (Å²) in [6.45, 7) is 4.49. The highest BCUT2D eigenvalue weighted by atomic mass is 31.0. The van der Waals surface area contributed by atoms with Gasteiger partial charge in [0.2, 0.25) is 0 Å². The Hall–Kier alpha value is -1.13. The zero-order valence-corrected chi connectivity index (χ0v) is 15.2. The third-order valence-corrected chi connectivity index (χ3v) is 5.09. The highest BCUT2D eigenvalue weighted by molar-refractivity contribution is 7.17. The van der Waals surface area contributed by atoms with Gasteiger partial charge in [0.1, 0.15) is 0 Å². The van der Waals surface area contributed by atoms with E-state index >= 15 is 0 Å². The summed E-state index contributed by atoms with van der Waals surface area (Å²) in [7, 11) is 2.99. The highest BCUT2D eigenvalue weighted by Crippen LogP contribution is 2.31. The summed E-state index contributed by atoms with van der Waals surface area (Å²) >= 11 is 0. The monoisotopic (exact) mass is 312 g/mol. The Morgan fingerprint density at radius 1 is 0.682 bits per heavy atom. The molecule has 1 unspecified atom stereocenters. The van der Waals surface area contributed by atoms with Crippen LogP contribution in [0.5, 0.6) is 0 Å². The number of hydrogen-bond acceptors (Lipinski definition) is 0. The van der Waals surface area contributed by atoms with Crippen LogP contribution < -0.4 is 0 Å². The van der Waals surface area contributed by atoms with Gasteiger partial charge in [-0.1, -0.05) is 75.2 Å². The lowest BCUT2D eigenvalue weighted by atomic mass is 9.99. The number of benzene rings is 2. The van der Waals surface area contributed by atoms with E-state index in [1.165, 1.54) is 60.8 Å². The lowest BCUT2D eigenvalue weighted by Gasteiger charge is -2.14. The molecule has 0 radical (unpaired) electrons. The molecule has 0 saturated carbocycles. The third-order valence-electron chi connectivity index (χ3n) is 4.32. The van der Waals surface area contributed by atoms with Gasteiger partial charge in [0.05, 0.1) is 0 Å². The minimum absolute atomic E-state index is 0.389. The van der Waals surface area contributed by atoms with Crippen molar-refractivity contribution in [2.45, 2.75) is 58.0 Å². The molecule has 0 saturated heterocycles. The molecule has 2 aromatic rings. The molecule has 118 valence electrons. The summed E-state index contributed by atoms with van der Waals surface area (Å²) in [4.78, 5) is 0. The first-order valence-electron chi connectivity index (χ1n) is 8.67. The molecule has 0 amide bonds. The maximum atomic E-state index is 2.99. The molecule has 0 aliphatic carbocycles.